The number of rotatable bonds is 5. The van der Waals surface area contributed by atoms with Crippen LogP contribution in [-0.4, -0.2) is 50.9 Å². The van der Waals surface area contributed by atoms with Gasteiger partial charge in [0.25, 0.3) is 5.56 Å². The molecule has 1 atom stereocenters. The summed E-state index contributed by atoms with van der Waals surface area (Å²) in [5.41, 5.74) is -0.330. The van der Waals surface area contributed by atoms with Crippen molar-refractivity contribution in [3.63, 3.8) is 0 Å². The van der Waals surface area contributed by atoms with Crippen molar-refractivity contribution in [2.45, 2.75) is 30.6 Å². The summed E-state index contributed by atoms with van der Waals surface area (Å²) in [5, 5.41) is 9.20. The Kier molecular flexibility index (Phi) is 4.60. The molecule has 0 saturated carbocycles. The van der Waals surface area contributed by atoms with Crippen molar-refractivity contribution >= 4 is 17.7 Å². The molecule has 0 aromatic carbocycles. The van der Waals surface area contributed by atoms with Gasteiger partial charge in [0, 0.05) is 24.8 Å². The molecular weight excluding hydrogens is 266 g/mol. The average molecular weight is 283 g/mol. The monoisotopic (exact) mass is 283 g/mol. The number of hydrogen-bond donors (Lipinski definition) is 1. The van der Waals surface area contributed by atoms with Crippen LogP contribution in [0.2, 0.25) is 0 Å². The van der Waals surface area contributed by atoms with Crippen LogP contribution < -0.4 is 5.56 Å². The van der Waals surface area contributed by atoms with Crippen LogP contribution >= 0.6 is 11.8 Å². The van der Waals surface area contributed by atoms with Crippen LogP contribution in [0, 0.1) is 0 Å². The molecule has 1 aromatic heterocycles. The van der Waals surface area contributed by atoms with Crippen molar-refractivity contribution < 1.29 is 9.90 Å². The van der Waals surface area contributed by atoms with Crippen LogP contribution in [0.3, 0.4) is 0 Å². The molecule has 2 heterocycles. The van der Waals surface area contributed by atoms with Gasteiger partial charge < -0.3 is 14.6 Å². The standard InChI is InChI=1S/C12H17N3O3S/c1-14-5-2-3-9(14)7-15-6-4-10(16)13-12(15)19-8-11(17)18/h4,6,9H,2-3,5,7-8H2,1H3,(H,17,18). The Morgan fingerprint density at radius 3 is 3.05 bits per heavy atom. The van der Waals surface area contributed by atoms with Crippen molar-refractivity contribution in [3.8, 4) is 0 Å². The minimum atomic E-state index is -0.910. The SMILES string of the molecule is CN1CCCC1Cn1ccc(=O)nc1SCC(=O)O. The predicted octanol–water partition coefficient (Wildman–Crippen LogP) is 0.514. The lowest BCUT2D eigenvalue weighted by molar-refractivity contribution is -0.133. The van der Waals surface area contributed by atoms with Crippen molar-refractivity contribution in [2.75, 3.05) is 19.3 Å². The van der Waals surface area contributed by atoms with E-state index >= 15 is 0 Å². The van der Waals surface area contributed by atoms with Gasteiger partial charge in [0.2, 0.25) is 0 Å². The fourth-order valence-electron chi connectivity index (χ4n) is 2.23. The van der Waals surface area contributed by atoms with Crippen LogP contribution in [0.4, 0.5) is 0 Å². The number of carbonyl (C=O) groups is 1. The van der Waals surface area contributed by atoms with Gasteiger partial charge in [-0.1, -0.05) is 11.8 Å². The Morgan fingerprint density at radius 2 is 2.42 bits per heavy atom. The molecular formula is C12H17N3O3S. The lowest BCUT2D eigenvalue weighted by atomic mass is 10.2. The Morgan fingerprint density at radius 1 is 1.63 bits per heavy atom. The molecule has 104 valence electrons. The molecule has 0 bridgehead atoms. The highest BCUT2D eigenvalue weighted by Crippen LogP contribution is 2.19. The summed E-state index contributed by atoms with van der Waals surface area (Å²) < 4.78 is 1.88. The first-order valence-electron chi connectivity index (χ1n) is 6.18. The van der Waals surface area contributed by atoms with E-state index in [2.05, 4.69) is 16.9 Å². The zero-order valence-corrected chi connectivity index (χ0v) is 11.6. The van der Waals surface area contributed by atoms with Gasteiger partial charge >= 0.3 is 5.97 Å². The first kappa shape index (κ1) is 14.1. The van der Waals surface area contributed by atoms with Crippen LogP contribution in [0.5, 0.6) is 0 Å². The fourth-order valence-corrected chi connectivity index (χ4v) is 2.94. The van der Waals surface area contributed by atoms with Crippen LogP contribution in [0.25, 0.3) is 0 Å². The first-order valence-corrected chi connectivity index (χ1v) is 7.17. The minimum Gasteiger partial charge on any atom is -0.481 e. The molecule has 7 heteroatoms. The quantitative estimate of drug-likeness (QED) is 0.627. The fraction of sp³-hybridized carbons (Fsp3) is 0.583. The van der Waals surface area contributed by atoms with Gasteiger partial charge in [-0.05, 0) is 26.4 Å². The third kappa shape index (κ3) is 3.81. The van der Waals surface area contributed by atoms with E-state index in [1.54, 1.807) is 6.20 Å². The predicted molar refractivity (Wildman–Crippen MR) is 72.5 cm³/mol. The molecule has 0 spiro atoms. The van der Waals surface area contributed by atoms with Gasteiger partial charge in [-0.2, -0.15) is 4.98 Å². The number of aromatic nitrogens is 2. The maximum Gasteiger partial charge on any atom is 0.313 e. The zero-order chi connectivity index (χ0) is 13.8. The van der Waals surface area contributed by atoms with Gasteiger partial charge in [0.15, 0.2) is 5.16 Å². The molecule has 0 amide bonds. The number of aliphatic carboxylic acids is 1. The molecule has 19 heavy (non-hydrogen) atoms. The van der Waals surface area contributed by atoms with Gasteiger partial charge in [-0.15, -0.1) is 0 Å². The van der Waals surface area contributed by atoms with Crippen molar-refractivity contribution in [2.24, 2.45) is 0 Å². The molecule has 2 rings (SSSR count). The summed E-state index contributed by atoms with van der Waals surface area (Å²) in [6.07, 6.45) is 3.99. The number of likely N-dealkylation sites (tertiary alicyclic amines) is 1. The highest BCUT2D eigenvalue weighted by Gasteiger charge is 2.22. The number of likely N-dealkylation sites (N-methyl/N-ethyl adjacent to an activating group) is 1. The van der Waals surface area contributed by atoms with Crippen molar-refractivity contribution in [1.82, 2.24) is 14.5 Å². The number of carboxylic acid groups (broad SMARTS) is 1. The van der Waals surface area contributed by atoms with Crippen molar-refractivity contribution in [1.29, 1.82) is 0 Å². The highest BCUT2D eigenvalue weighted by atomic mass is 32.2. The normalized spacial score (nSPS) is 19.7. The van der Waals surface area contributed by atoms with E-state index in [0.717, 1.165) is 31.3 Å². The molecule has 0 aliphatic carbocycles. The van der Waals surface area contributed by atoms with Gasteiger partial charge in [0.1, 0.15) is 0 Å². The summed E-state index contributed by atoms with van der Waals surface area (Å²) in [5.74, 6) is -0.996. The average Bonchev–Trinajstić information content (AvgIpc) is 2.75. The zero-order valence-electron chi connectivity index (χ0n) is 10.8. The second kappa shape index (κ2) is 6.21. The van der Waals surface area contributed by atoms with Crippen molar-refractivity contribution in [3.05, 3.63) is 22.6 Å². The molecule has 6 nitrogen and oxygen atoms in total. The number of thioether (sulfide) groups is 1. The molecule has 1 aliphatic heterocycles. The minimum absolute atomic E-state index is 0.0863. The molecule has 1 saturated heterocycles. The van der Waals surface area contributed by atoms with E-state index in [9.17, 15) is 9.59 Å². The highest BCUT2D eigenvalue weighted by molar-refractivity contribution is 7.99. The van der Waals surface area contributed by atoms with Crippen LogP contribution in [-0.2, 0) is 11.3 Å². The lowest BCUT2D eigenvalue weighted by Gasteiger charge is -2.21. The molecule has 1 unspecified atom stereocenters. The lowest BCUT2D eigenvalue weighted by Crippen LogP contribution is -2.30. The Labute approximate surface area is 115 Å². The van der Waals surface area contributed by atoms with Gasteiger partial charge in [0.05, 0.1) is 5.75 Å². The maximum atomic E-state index is 11.3. The van der Waals surface area contributed by atoms with Gasteiger partial charge in [-0.25, -0.2) is 0 Å². The summed E-state index contributed by atoms with van der Waals surface area (Å²) in [7, 11) is 2.08. The second-order valence-electron chi connectivity index (χ2n) is 4.66. The van der Waals surface area contributed by atoms with Crippen LogP contribution in [0.1, 0.15) is 12.8 Å². The summed E-state index contributed by atoms with van der Waals surface area (Å²) in [6, 6.07) is 1.84. The second-order valence-corrected chi connectivity index (χ2v) is 5.60. The van der Waals surface area contributed by atoms with E-state index in [1.807, 2.05) is 4.57 Å². The Hall–Kier alpha value is -1.34. The number of nitrogens with zero attached hydrogens (tertiary/aromatic N) is 3. The maximum absolute atomic E-state index is 11.3. The molecule has 1 aromatic rings. The number of hydrogen-bond acceptors (Lipinski definition) is 5. The molecule has 0 radical (unpaired) electrons. The summed E-state index contributed by atoms with van der Waals surface area (Å²) in [4.78, 5) is 28.1. The third-order valence-electron chi connectivity index (χ3n) is 3.25. The largest absolute Gasteiger partial charge is 0.481 e. The van der Waals surface area contributed by atoms with Crippen LogP contribution in [0.15, 0.2) is 22.2 Å². The van der Waals surface area contributed by atoms with E-state index in [4.69, 9.17) is 5.11 Å². The van der Waals surface area contributed by atoms with E-state index in [0.29, 0.717) is 11.2 Å². The number of carboxylic acids is 1. The Bertz CT molecular complexity index is 517. The van der Waals surface area contributed by atoms with E-state index in [-0.39, 0.29) is 11.3 Å². The van der Waals surface area contributed by atoms with E-state index < -0.39 is 5.97 Å². The summed E-state index contributed by atoms with van der Waals surface area (Å²) >= 11 is 1.09. The third-order valence-corrected chi connectivity index (χ3v) is 4.23. The Balaban J connectivity index is 2.14. The molecule has 1 aliphatic rings. The smallest absolute Gasteiger partial charge is 0.313 e. The van der Waals surface area contributed by atoms with E-state index in [1.165, 1.54) is 12.5 Å². The first-order chi connectivity index (χ1) is 9.06. The van der Waals surface area contributed by atoms with Gasteiger partial charge in [-0.3, -0.25) is 9.59 Å². The summed E-state index contributed by atoms with van der Waals surface area (Å²) in [6.45, 7) is 1.82. The molecule has 1 N–H and O–H groups in total. The molecule has 1 fully saturated rings. The topological polar surface area (TPSA) is 75.4 Å².